The molecular formula is C15H23N3O5S2. The van der Waals surface area contributed by atoms with E-state index >= 15 is 0 Å². The van der Waals surface area contributed by atoms with E-state index in [4.69, 9.17) is 0 Å². The van der Waals surface area contributed by atoms with Crippen molar-refractivity contribution in [2.24, 2.45) is 0 Å². The molecule has 0 unspecified atom stereocenters. The number of carbonyl (C=O) groups is 1. The number of nitrogens with one attached hydrogen (secondary N) is 1. The van der Waals surface area contributed by atoms with Crippen molar-refractivity contribution < 1.29 is 21.6 Å². The molecule has 2 rings (SSSR count). The predicted octanol–water partition coefficient (Wildman–Crippen LogP) is 0.292. The first-order valence-electron chi connectivity index (χ1n) is 7.85. The van der Waals surface area contributed by atoms with Crippen LogP contribution in [0.5, 0.6) is 0 Å². The second-order valence-electron chi connectivity index (χ2n) is 6.23. The van der Waals surface area contributed by atoms with Gasteiger partial charge in [0.2, 0.25) is 26.0 Å². The van der Waals surface area contributed by atoms with E-state index in [1.165, 1.54) is 18.2 Å². The highest BCUT2D eigenvalue weighted by Crippen LogP contribution is 2.28. The molecule has 140 valence electrons. The summed E-state index contributed by atoms with van der Waals surface area (Å²) in [6, 6.07) is 4.09. The lowest BCUT2D eigenvalue weighted by Crippen LogP contribution is -2.30. The van der Waals surface area contributed by atoms with E-state index in [-0.39, 0.29) is 22.8 Å². The van der Waals surface area contributed by atoms with Crippen LogP contribution >= 0.6 is 0 Å². The standard InChI is InChI=1S/C15H23N3O5S2/c1-12-11-13(18-15(19)7-10-24(18,20)21)5-6-14(12)25(22,23)16-8-4-9-17(2)3/h5-6,11,16H,4,7-10H2,1-3H3. The molecule has 0 aliphatic carbocycles. The van der Waals surface area contributed by atoms with Gasteiger partial charge in [0.25, 0.3) is 0 Å². The average Bonchev–Trinajstić information content (AvgIpc) is 2.76. The second-order valence-corrected chi connectivity index (χ2v) is 9.90. The molecule has 0 aromatic heterocycles. The van der Waals surface area contributed by atoms with Gasteiger partial charge in [0.15, 0.2) is 0 Å². The van der Waals surface area contributed by atoms with E-state index in [1.54, 1.807) is 6.92 Å². The van der Waals surface area contributed by atoms with Crippen molar-refractivity contribution in [2.75, 3.05) is 37.2 Å². The number of hydrogen-bond donors (Lipinski definition) is 1. The van der Waals surface area contributed by atoms with Crippen molar-refractivity contribution in [3.05, 3.63) is 23.8 Å². The van der Waals surface area contributed by atoms with Crippen LogP contribution in [-0.4, -0.2) is 60.6 Å². The third-order valence-corrected chi connectivity index (χ3v) is 7.15. The maximum Gasteiger partial charge on any atom is 0.242 e. The number of rotatable bonds is 7. The van der Waals surface area contributed by atoms with E-state index < -0.39 is 26.0 Å². The molecule has 1 N–H and O–H groups in total. The van der Waals surface area contributed by atoms with Crippen LogP contribution in [0.2, 0.25) is 0 Å². The molecule has 0 atom stereocenters. The highest BCUT2D eigenvalue weighted by Gasteiger charge is 2.36. The van der Waals surface area contributed by atoms with Crippen molar-refractivity contribution in [1.82, 2.24) is 9.62 Å². The summed E-state index contributed by atoms with van der Waals surface area (Å²) >= 11 is 0. The minimum Gasteiger partial charge on any atom is -0.309 e. The third kappa shape index (κ3) is 4.57. The van der Waals surface area contributed by atoms with Crippen molar-refractivity contribution in [3.63, 3.8) is 0 Å². The van der Waals surface area contributed by atoms with E-state index in [2.05, 4.69) is 4.72 Å². The largest absolute Gasteiger partial charge is 0.309 e. The number of anilines is 1. The van der Waals surface area contributed by atoms with Crippen LogP contribution in [0, 0.1) is 6.92 Å². The van der Waals surface area contributed by atoms with Crippen LogP contribution in [0.15, 0.2) is 23.1 Å². The molecule has 8 nitrogen and oxygen atoms in total. The Hall–Kier alpha value is -1.49. The van der Waals surface area contributed by atoms with Crippen molar-refractivity contribution in [3.8, 4) is 0 Å². The van der Waals surface area contributed by atoms with Gasteiger partial charge in [-0.15, -0.1) is 0 Å². The van der Waals surface area contributed by atoms with Gasteiger partial charge in [-0.1, -0.05) is 0 Å². The van der Waals surface area contributed by atoms with Gasteiger partial charge < -0.3 is 4.90 Å². The summed E-state index contributed by atoms with van der Waals surface area (Å²) in [6.45, 7) is 2.64. The van der Waals surface area contributed by atoms with Gasteiger partial charge in [-0.2, -0.15) is 0 Å². The minimum absolute atomic E-state index is 0.0607. The SMILES string of the molecule is Cc1cc(N2C(=O)CCS2(=O)=O)ccc1S(=O)(=O)NCCCN(C)C. The van der Waals surface area contributed by atoms with Gasteiger partial charge in [0.05, 0.1) is 16.3 Å². The average molecular weight is 389 g/mol. The molecule has 1 aliphatic heterocycles. The number of sulfonamides is 2. The van der Waals surface area contributed by atoms with E-state index in [0.717, 1.165) is 10.8 Å². The molecule has 0 radical (unpaired) electrons. The van der Waals surface area contributed by atoms with Crippen molar-refractivity contribution >= 4 is 31.6 Å². The molecule has 0 spiro atoms. The number of carbonyl (C=O) groups excluding carboxylic acids is 1. The van der Waals surface area contributed by atoms with Crippen LogP contribution in [0.1, 0.15) is 18.4 Å². The Morgan fingerprint density at radius 2 is 1.96 bits per heavy atom. The number of aryl methyl sites for hydroxylation is 1. The quantitative estimate of drug-likeness (QED) is 0.673. The highest BCUT2D eigenvalue weighted by molar-refractivity contribution is 7.94. The molecule has 0 saturated carbocycles. The predicted molar refractivity (Wildman–Crippen MR) is 95.4 cm³/mol. The monoisotopic (exact) mass is 389 g/mol. The van der Waals surface area contributed by atoms with Crippen LogP contribution in [0.3, 0.4) is 0 Å². The summed E-state index contributed by atoms with van der Waals surface area (Å²) in [5.74, 6) is -0.727. The molecule has 1 amide bonds. The Morgan fingerprint density at radius 1 is 1.28 bits per heavy atom. The van der Waals surface area contributed by atoms with Crippen molar-refractivity contribution in [2.45, 2.75) is 24.7 Å². The van der Waals surface area contributed by atoms with Crippen LogP contribution in [-0.2, 0) is 24.8 Å². The lowest BCUT2D eigenvalue weighted by molar-refractivity contribution is -0.116. The van der Waals surface area contributed by atoms with Gasteiger partial charge in [-0.3, -0.25) is 4.79 Å². The first-order chi connectivity index (χ1) is 11.5. The van der Waals surface area contributed by atoms with Gasteiger partial charge in [-0.05, 0) is 57.7 Å². The first kappa shape index (κ1) is 19.8. The van der Waals surface area contributed by atoms with Crippen LogP contribution in [0.4, 0.5) is 5.69 Å². The fourth-order valence-electron chi connectivity index (χ4n) is 2.61. The zero-order valence-electron chi connectivity index (χ0n) is 14.5. The van der Waals surface area contributed by atoms with Crippen molar-refractivity contribution in [1.29, 1.82) is 0 Å². The molecule has 25 heavy (non-hydrogen) atoms. The molecule has 10 heteroatoms. The number of amides is 1. The van der Waals surface area contributed by atoms with E-state index in [1.807, 2.05) is 19.0 Å². The van der Waals surface area contributed by atoms with Crippen LogP contribution < -0.4 is 9.03 Å². The Balaban J connectivity index is 2.20. The molecule has 1 fully saturated rings. The Bertz CT molecular complexity index is 863. The third-order valence-electron chi connectivity index (χ3n) is 3.84. The summed E-state index contributed by atoms with van der Waals surface area (Å²) in [7, 11) is -3.54. The van der Waals surface area contributed by atoms with Crippen LogP contribution in [0.25, 0.3) is 0 Å². The second kappa shape index (κ2) is 7.40. The fraction of sp³-hybridized carbons (Fsp3) is 0.533. The number of hydrogen-bond acceptors (Lipinski definition) is 6. The smallest absolute Gasteiger partial charge is 0.242 e. The minimum atomic E-state index is -3.69. The normalized spacial score (nSPS) is 17.4. The zero-order valence-corrected chi connectivity index (χ0v) is 16.2. The molecule has 1 aliphatic rings. The summed E-state index contributed by atoms with van der Waals surface area (Å²) < 4.78 is 52.0. The van der Waals surface area contributed by atoms with Gasteiger partial charge in [0.1, 0.15) is 0 Å². The number of benzene rings is 1. The fourth-order valence-corrected chi connectivity index (χ4v) is 5.36. The molecule has 1 aromatic rings. The Kier molecular flexibility index (Phi) is 5.87. The highest BCUT2D eigenvalue weighted by atomic mass is 32.2. The zero-order chi connectivity index (χ0) is 18.8. The van der Waals surface area contributed by atoms with Gasteiger partial charge >= 0.3 is 0 Å². The molecular weight excluding hydrogens is 366 g/mol. The lowest BCUT2D eigenvalue weighted by Gasteiger charge is -2.17. The molecule has 1 aromatic carbocycles. The summed E-state index contributed by atoms with van der Waals surface area (Å²) in [6.07, 6.45) is 0.610. The Morgan fingerprint density at radius 3 is 2.48 bits per heavy atom. The number of nitrogens with zero attached hydrogens (tertiary/aromatic N) is 2. The van der Waals surface area contributed by atoms with Gasteiger partial charge in [-0.25, -0.2) is 25.9 Å². The summed E-state index contributed by atoms with van der Waals surface area (Å²) in [5, 5.41) is 0. The maximum atomic E-state index is 12.4. The molecule has 0 bridgehead atoms. The Labute approximate surface area is 148 Å². The molecule has 1 heterocycles. The summed E-state index contributed by atoms with van der Waals surface area (Å²) in [4.78, 5) is 13.9. The van der Waals surface area contributed by atoms with Gasteiger partial charge in [0, 0.05) is 13.0 Å². The van der Waals surface area contributed by atoms with E-state index in [9.17, 15) is 21.6 Å². The topological polar surface area (TPSA) is 104 Å². The summed E-state index contributed by atoms with van der Waals surface area (Å²) in [5.41, 5.74) is 0.555. The lowest BCUT2D eigenvalue weighted by atomic mass is 10.2. The first-order valence-corrected chi connectivity index (χ1v) is 10.9. The maximum absolute atomic E-state index is 12.4. The molecule has 1 saturated heterocycles. The van der Waals surface area contributed by atoms with E-state index in [0.29, 0.717) is 18.5 Å².